The van der Waals surface area contributed by atoms with Crippen LogP contribution in [0.2, 0.25) is 0 Å². The van der Waals surface area contributed by atoms with Gasteiger partial charge in [-0.3, -0.25) is 0 Å². The fourth-order valence-corrected chi connectivity index (χ4v) is 3.51. The zero-order chi connectivity index (χ0) is 10.6. The summed E-state index contributed by atoms with van der Waals surface area (Å²) in [5.41, 5.74) is 0. The normalized spacial score (nSPS) is 33.9. The molecule has 14 heavy (non-hydrogen) atoms. The molecule has 0 aliphatic heterocycles. The summed E-state index contributed by atoms with van der Waals surface area (Å²) in [4.78, 5) is 0. The molecule has 0 nitrogen and oxygen atoms in total. The maximum Gasteiger partial charge on any atom is -0.0334 e. The summed E-state index contributed by atoms with van der Waals surface area (Å²) in [6, 6.07) is 0. The third-order valence-electron chi connectivity index (χ3n) is 4.21. The third-order valence-corrected chi connectivity index (χ3v) is 4.21. The Hall–Kier alpha value is 0. The highest BCUT2D eigenvalue weighted by Gasteiger charge is 2.39. The van der Waals surface area contributed by atoms with Crippen molar-refractivity contribution in [3.8, 4) is 0 Å². The van der Waals surface area contributed by atoms with Gasteiger partial charge in [0.05, 0.1) is 0 Å². The average Bonchev–Trinajstić information content (AvgIpc) is 2.12. The van der Waals surface area contributed by atoms with Crippen molar-refractivity contribution in [3.63, 3.8) is 0 Å². The fourth-order valence-electron chi connectivity index (χ4n) is 3.51. The molecule has 0 spiro atoms. The van der Waals surface area contributed by atoms with Gasteiger partial charge in [-0.2, -0.15) is 0 Å². The highest BCUT2D eigenvalue weighted by Crippen LogP contribution is 2.48. The summed E-state index contributed by atoms with van der Waals surface area (Å²) in [5.74, 6) is 4.12. The Labute approximate surface area is 90.5 Å². The van der Waals surface area contributed by atoms with E-state index in [-0.39, 0.29) is 0 Å². The van der Waals surface area contributed by atoms with E-state index in [0.29, 0.717) is 0 Å². The lowest BCUT2D eigenvalue weighted by Crippen LogP contribution is -2.39. The maximum absolute atomic E-state index is 2.47. The number of hydrogen-bond donors (Lipinski definition) is 0. The molecular formula is C14H28. The molecule has 0 amide bonds. The molecule has 1 saturated carbocycles. The van der Waals surface area contributed by atoms with Crippen LogP contribution >= 0.6 is 0 Å². The standard InChI is InChI=1S/C14H28/c1-5-7-9-13-10-12(4)14(13)11(3)8-6-2/h11-14H,5-10H2,1-4H3. The Bertz CT molecular complexity index is 150. The second kappa shape index (κ2) is 5.78. The van der Waals surface area contributed by atoms with Crippen molar-refractivity contribution in [2.75, 3.05) is 0 Å². The van der Waals surface area contributed by atoms with E-state index in [1.54, 1.807) is 0 Å². The zero-order valence-corrected chi connectivity index (χ0v) is 10.6. The van der Waals surface area contributed by atoms with Crippen molar-refractivity contribution < 1.29 is 0 Å². The summed E-state index contributed by atoms with van der Waals surface area (Å²) in [6.07, 6.45) is 8.65. The van der Waals surface area contributed by atoms with Crippen molar-refractivity contribution >= 4 is 0 Å². The van der Waals surface area contributed by atoms with Gasteiger partial charge < -0.3 is 0 Å². The molecule has 1 aliphatic carbocycles. The molecule has 4 unspecified atom stereocenters. The van der Waals surface area contributed by atoms with Crippen LogP contribution < -0.4 is 0 Å². The van der Waals surface area contributed by atoms with Gasteiger partial charge in [-0.1, -0.05) is 59.8 Å². The van der Waals surface area contributed by atoms with E-state index in [4.69, 9.17) is 0 Å². The van der Waals surface area contributed by atoms with Gasteiger partial charge in [0.15, 0.2) is 0 Å². The molecule has 1 aliphatic rings. The lowest BCUT2D eigenvalue weighted by atomic mass is 9.58. The predicted molar refractivity (Wildman–Crippen MR) is 64.4 cm³/mol. The van der Waals surface area contributed by atoms with Crippen molar-refractivity contribution in [3.05, 3.63) is 0 Å². The Morgan fingerprint density at radius 1 is 1.21 bits per heavy atom. The highest BCUT2D eigenvalue weighted by molar-refractivity contribution is 4.89. The van der Waals surface area contributed by atoms with Crippen LogP contribution in [0.5, 0.6) is 0 Å². The van der Waals surface area contributed by atoms with E-state index in [9.17, 15) is 0 Å². The summed E-state index contributed by atoms with van der Waals surface area (Å²) >= 11 is 0. The number of hydrogen-bond acceptors (Lipinski definition) is 0. The molecule has 0 N–H and O–H groups in total. The highest BCUT2D eigenvalue weighted by atomic mass is 14.4. The minimum atomic E-state index is 0.977. The van der Waals surface area contributed by atoms with Gasteiger partial charge in [-0.05, 0) is 30.1 Å². The number of rotatable bonds is 6. The molecule has 0 aromatic heterocycles. The van der Waals surface area contributed by atoms with Crippen LogP contribution in [0.4, 0.5) is 0 Å². The molecule has 0 saturated heterocycles. The van der Waals surface area contributed by atoms with Crippen LogP contribution in [-0.4, -0.2) is 0 Å². The van der Waals surface area contributed by atoms with E-state index in [0.717, 1.165) is 23.7 Å². The van der Waals surface area contributed by atoms with Gasteiger partial charge in [0.2, 0.25) is 0 Å². The average molecular weight is 196 g/mol. The molecule has 0 heteroatoms. The quantitative estimate of drug-likeness (QED) is 0.567. The van der Waals surface area contributed by atoms with Crippen molar-refractivity contribution in [1.29, 1.82) is 0 Å². The second-order valence-electron chi connectivity index (χ2n) is 5.46. The zero-order valence-electron chi connectivity index (χ0n) is 10.6. The molecule has 1 fully saturated rings. The number of unbranched alkanes of at least 4 members (excludes halogenated alkanes) is 1. The SMILES string of the molecule is CCCCC1CC(C)C1C(C)CCC. The first-order valence-corrected chi connectivity index (χ1v) is 6.70. The molecule has 0 aromatic carbocycles. The van der Waals surface area contributed by atoms with Crippen LogP contribution in [-0.2, 0) is 0 Å². The predicted octanol–water partition coefficient (Wildman–Crippen LogP) is 4.89. The van der Waals surface area contributed by atoms with Gasteiger partial charge in [-0.15, -0.1) is 0 Å². The smallest absolute Gasteiger partial charge is 0.0334 e. The van der Waals surface area contributed by atoms with Gasteiger partial charge in [0.25, 0.3) is 0 Å². The van der Waals surface area contributed by atoms with Crippen LogP contribution in [0.15, 0.2) is 0 Å². The van der Waals surface area contributed by atoms with Crippen LogP contribution in [0, 0.1) is 23.7 Å². The summed E-state index contributed by atoms with van der Waals surface area (Å²) < 4.78 is 0. The molecule has 0 radical (unpaired) electrons. The lowest BCUT2D eigenvalue weighted by Gasteiger charge is -2.47. The molecular weight excluding hydrogens is 168 g/mol. The minimum absolute atomic E-state index is 0.977. The first-order valence-electron chi connectivity index (χ1n) is 6.70. The van der Waals surface area contributed by atoms with Crippen LogP contribution in [0.25, 0.3) is 0 Å². The first kappa shape index (κ1) is 12.1. The molecule has 0 aromatic rings. The molecule has 84 valence electrons. The monoisotopic (exact) mass is 196 g/mol. The summed E-state index contributed by atoms with van der Waals surface area (Å²) in [5, 5.41) is 0. The minimum Gasteiger partial charge on any atom is -0.0654 e. The van der Waals surface area contributed by atoms with E-state index >= 15 is 0 Å². The van der Waals surface area contributed by atoms with Crippen molar-refractivity contribution in [2.24, 2.45) is 23.7 Å². The van der Waals surface area contributed by atoms with Crippen molar-refractivity contribution in [1.82, 2.24) is 0 Å². The third kappa shape index (κ3) is 2.74. The maximum atomic E-state index is 2.47. The molecule has 0 heterocycles. The van der Waals surface area contributed by atoms with Gasteiger partial charge >= 0.3 is 0 Å². The molecule has 4 atom stereocenters. The Balaban J connectivity index is 2.32. The van der Waals surface area contributed by atoms with Crippen molar-refractivity contribution in [2.45, 2.75) is 66.2 Å². The van der Waals surface area contributed by atoms with Crippen LogP contribution in [0.3, 0.4) is 0 Å². The fraction of sp³-hybridized carbons (Fsp3) is 1.00. The second-order valence-corrected chi connectivity index (χ2v) is 5.46. The van der Waals surface area contributed by atoms with Gasteiger partial charge in [0, 0.05) is 0 Å². The lowest BCUT2D eigenvalue weighted by molar-refractivity contribution is 0.0255. The van der Waals surface area contributed by atoms with Crippen LogP contribution in [0.1, 0.15) is 66.2 Å². The van der Waals surface area contributed by atoms with E-state index < -0.39 is 0 Å². The first-order chi connectivity index (χ1) is 6.70. The Kier molecular flexibility index (Phi) is 4.98. The van der Waals surface area contributed by atoms with E-state index in [1.165, 1.54) is 38.5 Å². The molecule has 0 bridgehead atoms. The Morgan fingerprint density at radius 2 is 1.93 bits per heavy atom. The van der Waals surface area contributed by atoms with E-state index in [1.807, 2.05) is 0 Å². The van der Waals surface area contributed by atoms with E-state index in [2.05, 4.69) is 27.7 Å². The largest absolute Gasteiger partial charge is 0.0654 e. The van der Waals surface area contributed by atoms with Gasteiger partial charge in [0.1, 0.15) is 0 Å². The van der Waals surface area contributed by atoms with Gasteiger partial charge in [-0.25, -0.2) is 0 Å². The Morgan fingerprint density at radius 3 is 2.43 bits per heavy atom. The molecule has 1 rings (SSSR count). The topological polar surface area (TPSA) is 0 Å². The summed E-state index contributed by atoms with van der Waals surface area (Å²) in [7, 11) is 0. The summed E-state index contributed by atoms with van der Waals surface area (Å²) in [6.45, 7) is 9.56.